The molecule has 2 rings (SSSR count). The summed E-state index contributed by atoms with van der Waals surface area (Å²) in [6.07, 6.45) is 6.40. The van der Waals surface area contributed by atoms with Gasteiger partial charge in [0, 0.05) is 36.6 Å². The molecule has 1 heterocycles. The topological polar surface area (TPSA) is 90.1 Å². The maximum atomic E-state index is 11.8. The Morgan fingerprint density at radius 1 is 1.50 bits per heavy atom. The lowest BCUT2D eigenvalue weighted by molar-refractivity contribution is -0.384. The number of rotatable bonds is 6. The molecule has 1 N–H and O–H groups in total. The third-order valence-electron chi connectivity index (χ3n) is 2.92. The standard InChI is InChI=1S/C15H16N4O3/c1-12(11-18-9-3-8-16-18)17-15(20)7-6-13-4-2-5-14(10-13)19(21)22/h2-10,12H,11H2,1H3,(H,17,20)/b7-6+/t12-/m1/s1. The summed E-state index contributed by atoms with van der Waals surface area (Å²) in [4.78, 5) is 22.0. The average molecular weight is 300 g/mol. The van der Waals surface area contributed by atoms with Crippen molar-refractivity contribution in [2.24, 2.45) is 0 Å². The third-order valence-corrected chi connectivity index (χ3v) is 2.92. The summed E-state index contributed by atoms with van der Waals surface area (Å²) in [5.41, 5.74) is 0.596. The smallest absolute Gasteiger partial charge is 0.270 e. The number of amides is 1. The number of nitro benzene ring substituents is 1. The monoisotopic (exact) mass is 300 g/mol. The normalized spacial score (nSPS) is 12.2. The molecule has 0 saturated heterocycles. The second-order valence-electron chi connectivity index (χ2n) is 4.82. The molecule has 0 aliphatic heterocycles. The first-order valence-corrected chi connectivity index (χ1v) is 6.75. The largest absolute Gasteiger partial charge is 0.348 e. The quantitative estimate of drug-likeness (QED) is 0.502. The number of benzene rings is 1. The van der Waals surface area contributed by atoms with Gasteiger partial charge in [-0.3, -0.25) is 19.6 Å². The Morgan fingerprint density at radius 3 is 3.00 bits per heavy atom. The minimum absolute atomic E-state index is 0.00499. The van der Waals surface area contributed by atoms with E-state index in [2.05, 4.69) is 10.4 Å². The van der Waals surface area contributed by atoms with Crippen LogP contribution in [0.4, 0.5) is 5.69 Å². The molecule has 1 aromatic heterocycles. The zero-order valence-corrected chi connectivity index (χ0v) is 12.0. The van der Waals surface area contributed by atoms with Crippen LogP contribution in [0.15, 0.2) is 48.8 Å². The molecular weight excluding hydrogens is 284 g/mol. The molecule has 1 atom stereocenters. The SMILES string of the molecule is C[C@H](Cn1cccn1)NC(=O)/C=C/c1cccc([N+](=O)[O-])c1. The second-order valence-corrected chi connectivity index (χ2v) is 4.82. The summed E-state index contributed by atoms with van der Waals surface area (Å²) in [5, 5.41) is 17.6. The van der Waals surface area contributed by atoms with Gasteiger partial charge < -0.3 is 5.32 Å². The van der Waals surface area contributed by atoms with Crippen molar-refractivity contribution in [3.05, 3.63) is 64.5 Å². The van der Waals surface area contributed by atoms with E-state index in [0.29, 0.717) is 12.1 Å². The van der Waals surface area contributed by atoms with Crippen molar-refractivity contribution in [3.8, 4) is 0 Å². The Morgan fingerprint density at radius 2 is 2.32 bits per heavy atom. The fourth-order valence-corrected chi connectivity index (χ4v) is 1.94. The number of carbonyl (C=O) groups is 1. The first kappa shape index (κ1) is 15.4. The Bertz CT molecular complexity index is 680. The summed E-state index contributed by atoms with van der Waals surface area (Å²) < 4.78 is 1.73. The molecule has 0 saturated carbocycles. The van der Waals surface area contributed by atoms with Gasteiger partial charge in [0.15, 0.2) is 0 Å². The third kappa shape index (κ3) is 4.55. The summed E-state index contributed by atoms with van der Waals surface area (Å²) in [6.45, 7) is 2.45. The minimum atomic E-state index is -0.469. The predicted octanol–water partition coefficient (Wildman–Crippen LogP) is 2.01. The van der Waals surface area contributed by atoms with E-state index in [1.165, 1.54) is 18.2 Å². The van der Waals surface area contributed by atoms with Gasteiger partial charge in [0.2, 0.25) is 5.91 Å². The lowest BCUT2D eigenvalue weighted by Gasteiger charge is -2.12. The fourth-order valence-electron chi connectivity index (χ4n) is 1.94. The van der Waals surface area contributed by atoms with E-state index in [9.17, 15) is 14.9 Å². The predicted molar refractivity (Wildman–Crippen MR) is 82.0 cm³/mol. The van der Waals surface area contributed by atoms with Gasteiger partial charge in [0.1, 0.15) is 0 Å². The molecule has 114 valence electrons. The van der Waals surface area contributed by atoms with E-state index >= 15 is 0 Å². The maximum absolute atomic E-state index is 11.8. The molecule has 0 bridgehead atoms. The summed E-state index contributed by atoms with van der Waals surface area (Å²) >= 11 is 0. The van der Waals surface area contributed by atoms with Crippen LogP contribution in [0.1, 0.15) is 12.5 Å². The molecular formula is C15H16N4O3. The van der Waals surface area contributed by atoms with Gasteiger partial charge in [-0.05, 0) is 24.6 Å². The number of nitrogens with one attached hydrogen (secondary N) is 1. The van der Waals surface area contributed by atoms with E-state index in [1.807, 2.05) is 19.2 Å². The Kier molecular flexibility index (Phi) is 5.02. The Hall–Kier alpha value is -2.96. The molecule has 0 aliphatic carbocycles. The van der Waals surface area contributed by atoms with Gasteiger partial charge in [0.25, 0.3) is 5.69 Å². The number of hydrogen-bond donors (Lipinski definition) is 1. The highest BCUT2D eigenvalue weighted by molar-refractivity contribution is 5.91. The van der Waals surface area contributed by atoms with Gasteiger partial charge >= 0.3 is 0 Å². The van der Waals surface area contributed by atoms with Crippen LogP contribution in [-0.2, 0) is 11.3 Å². The van der Waals surface area contributed by atoms with Crippen molar-refractivity contribution in [1.82, 2.24) is 15.1 Å². The lowest BCUT2D eigenvalue weighted by Crippen LogP contribution is -2.34. The Balaban J connectivity index is 1.90. The van der Waals surface area contributed by atoms with Crippen molar-refractivity contribution in [1.29, 1.82) is 0 Å². The van der Waals surface area contributed by atoms with E-state index in [0.717, 1.165) is 0 Å². The molecule has 7 heteroatoms. The number of nitrogens with zero attached hydrogens (tertiary/aromatic N) is 3. The molecule has 22 heavy (non-hydrogen) atoms. The number of non-ortho nitro benzene ring substituents is 1. The van der Waals surface area contributed by atoms with Gasteiger partial charge in [-0.15, -0.1) is 0 Å². The maximum Gasteiger partial charge on any atom is 0.270 e. The number of hydrogen-bond acceptors (Lipinski definition) is 4. The molecule has 1 aromatic carbocycles. The second kappa shape index (κ2) is 7.16. The van der Waals surface area contributed by atoms with Gasteiger partial charge in [-0.1, -0.05) is 12.1 Å². The van der Waals surface area contributed by atoms with Crippen LogP contribution in [-0.4, -0.2) is 26.7 Å². The number of carbonyl (C=O) groups excluding carboxylic acids is 1. The van der Waals surface area contributed by atoms with E-state index in [4.69, 9.17) is 0 Å². The van der Waals surface area contributed by atoms with Crippen LogP contribution >= 0.6 is 0 Å². The van der Waals surface area contributed by atoms with Crippen LogP contribution in [0.5, 0.6) is 0 Å². The minimum Gasteiger partial charge on any atom is -0.348 e. The Labute approximate surface area is 127 Å². The molecule has 0 aliphatic rings. The highest BCUT2D eigenvalue weighted by Gasteiger charge is 2.06. The van der Waals surface area contributed by atoms with Crippen LogP contribution in [0.2, 0.25) is 0 Å². The van der Waals surface area contributed by atoms with Crippen molar-refractivity contribution < 1.29 is 9.72 Å². The zero-order valence-electron chi connectivity index (χ0n) is 12.0. The average Bonchev–Trinajstić information content (AvgIpc) is 2.98. The number of nitro groups is 1. The van der Waals surface area contributed by atoms with Crippen molar-refractivity contribution in [2.45, 2.75) is 19.5 Å². The van der Waals surface area contributed by atoms with Gasteiger partial charge in [-0.25, -0.2) is 0 Å². The first-order chi connectivity index (χ1) is 10.5. The molecule has 0 radical (unpaired) electrons. The molecule has 7 nitrogen and oxygen atoms in total. The molecule has 1 amide bonds. The lowest BCUT2D eigenvalue weighted by atomic mass is 10.2. The van der Waals surface area contributed by atoms with Crippen molar-refractivity contribution in [2.75, 3.05) is 0 Å². The summed E-state index contributed by atoms with van der Waals surface area (Å²) in [5.74, 6) is -0.258. The van der Waals surface area contributed by atoms with E-state index in [-0.39, 0.29) is 17.6 Å². The van der Waals surface area contributed by atoms with Crippen LogP contribution in [0, 0.1) is 10.1 Å². The zero-order chi connectivity index (χ0) is 15.9. The van der Waals surface area contributed by atoms with Crippen LogP contribution < -0.4 is 5.32 Å². The summed E-state index contributed by atoms with van der Waals surface area (Å²) in [7, 11) is 0. The van der Waals surface area contributed by atoms with E-state index < -0.39 is 4.92 Å². The van der Waals surface area contributed by atoms with Gasteiger partial charge in [0.05, 0.1) is 11.5 Å². The van der Waals surface area contributed by atoms with Crippen LogP contribution in [0.25, 0.3) is 6.08 Å². The van der Waals surface area contributed by atoms with Crippen molar-refractivity contribution >= 4 is 17.7 Å². The molecule has 0 spiro atoms. The van der Waals surface area contributed by atoms with Crippen LogP contribution in [0.3, 0.4) is 0 Å². The highest BCUT2D eigenvalue weighted by atomic mass is 16.6. The first-order valence-electron chi connectivity index (χ1n) is 6.75. The molecule has 2 aromatic rings. The van der Waals surface area contributed by atoms with Crippen molar-refractivity contribution in [3.63, 3.8) is 0 Å². The molecule has 0 fully saturated rings. The molecule has 0 unspecified atom stereocenters. The highest BCUT2D eigenvalue weighted by Crippen LogP contribution is 2.13. The number of aromatic nitrogens is 2. The summed E-state index contributed by atoms with van der Waals surface area (Å²) in [6, 6.07) is 7.83. The van der Waals surface area contributed by atoms with E-state index in [1.54, 1.807) is 29.1 Å². The fraction of sp³-hybridized carbons (Fsp3) is 0.200. The van der Waals surface area contributed by atoms with Gasteiger partial charge in [-0.2, -0.15) is 5.10 Å².